The van der Waals surface area contributed by atoms with Gasteiger partial charge in [-0.2, -0.15) is 0 Å². The normalized spacial score (nSPS) is 10.7. The van der Waals surface area contributed by atoms with Crippen LogP contribution in [-0.4, -0.2) is 20.2 Å². The summed E-state index contributed by atoms with van der Waals surface area (Å²) in [6.07, 6.45) is 0. The Morgan fingerprint density at radius 1 is 1.10 bits per heavy atom. The third-order valence-electron chi connectivity index (χ3n) is 2.85. The van der Waals surface area contributed by atoms with Gasteiger partial charge >= 0.3 is 0 Å². The average molecular weight is 289 g/mol. The molecule has 4 nitrogen and oxygen atoms in total. The number of halogens is 2. The zero-order valence-corrected chi connectivity index (χ0v) is 11.1. The van der Waals surface area contributed by atoms with Crippen LogP contribution in [0.4, 0.5) is 4.39 Å². The minimum Gasteiger partial charge on any atom is -0.207 e. The number of benzene rings is 2. The molecular formula is C14H10ClFN4. The first-order chi connectivity index (χ1) is 9.78. The van der Waals surface area contributed by atoms with Crippen LogP contribution in [0.1, 0.15) is 5.56 Å². The first-order valence-corrected chi connectivity index (χ1v) is 6.51. The van der Waals surface area contributed by atoms with Gasteiger partial charge in [-0.25, -0.2) is 4.39 Å². The maximum Gasteiger partial charge on any atom is 0.205 e. The molecule has 3 aromatic rings. The summed E-state index contributed by atoms with van der Waals surface area (Å²) >= 11 is 5.82. The van der Waals surface area contributed by atoms with Crippen molar-refractivity contribution in [2.45, 2.75) is 5.88 Å². The second kappa shape index (κ2) is 5.38. The van der Waals surface area contributed by atoms with Crippen LogP contribution in [-0.2, 0) is 5.88 Å². The summed E-state index contributed by atoms with van der Waals surface area (Å²) in [6.45, 7) is 0. The lowest BCUT2D eigenvalue weighted by atomic mass is 10.2. The van der Waals surface area contributed by atoms with Crippen molar-refractivity contribution in [3.05, 3.63) is 59.9 Å². The lowest BCUT2D eigenvalue weighted by Gasteiger charge is -2.04. The summed E-state index contributed by atoms with van der Waals surface area (Å²) in [5, 5.41) is 12.3. The van der Waals surface area contributed by atoms with E-state index < -0.39 is 0 Å². The summed E-state index contributed by atoms with van der Waals surface area (Å²) in [7, 11) is 0. The monoisotopic (exact) mass is 288 g/mol. The number of nitrogens with zero attached hydrogens (tertiary/aromatic N) is 4. The van der Waals surface area contributed by atoms with Gasteiger partial charge in [0.15, 0.2) is 0 Å². The predicted octanol–water partition coefficient (Wildman–Crippen LogP) is 3.21. The molecule has 0 atom stereocenters. The third-order valence-corrected chi connectivity index (χ3v) is 3.13. The van der Waals surface area contributed by atoms with Crippen LogP contribution >= 0.6 is 11.6 Å². The number of hydrogen-bond donors (Lipinski definition) is 0. The van der Waals surface area contributed by atoms with Crippen molar-refractivity contribution in [1.29, 1.82) is 0 Å². The lowest BCUT2D eigenvalue weighted by molar-refractivity contribution is 0.623. The minimum absolute atomic E-state index is 0.176. The number of hydrogen-bond acceptors (Lipinski definition) is 3. The fourth-order valence-corrected chi connectivity index (χ4v) is 2.09. The van der Waals surface area contributed by atoms with Crippen LogP contribution in [0.3, 0.4) is 0 Å². The van der Waals surface area contributed by atoms with Crippen LogP contribution in [0.25, 0.3) is 17.1 Å². The van der Waals surface area contributed by atoms with Crippen molar-refractivity contribution in [3.63, 3.8) is 0 Å². The van der Waals surface area contributed by atoms with Crippen molar-refractivity contribution in [1.82, 2.24) is 20.2 Å². The van der Waals surface area contributed by atoms with Crippen LogP contribution < -0.4 is 0 Å². The van der Waals surface area contributed by atoms with E-state index in [0.717, 1.165) is 5.56 Å². The van der Waals surface area contributed by atoms with Gasteiger partial charge in [0.2, 0.25) is 5.82 Å². The van der Waals surface area contributed by atoms with Gasteiger partial charge in [-0.05, 0) is 29.0 Å². The first-order valence-electron chi connectivity index (χ1n) is 5.98. The van der Waals surface area contributed by atoms with Gasteiger partial charge in [0, 0.05) is 11.4 Å². The molecule has 0 bridgehead atoms. The average Bonchev–Trinajstić information content (AvgIpc) is 2.97. The highest BCUT2D eigenvalue weighted by molar-refractivity contribution is 6.17. The molecule has 1 aromatic heterocycles. The van der Waals surface area contributed by atoms with E-state index in [1.54, 1.807) is 6.07 Å². The first kappa shape index (κ1) is 12.7. The quantitative estimate of drug-likeness (QED) is 0.695. The van der Waals surface area contributed by atoms with Gasteiger partial charge in [-0.1, -0.05) is 30.3 Å². The van der Waals surface area contributed by atoms with Gasteiger partial charge in [0.05, 0.1) is 5.69 Å². The molecule has 0 amide bonds. The van der Waals surface area contributed by atoms with Crippen LogP contribution in [0.2, 0.25) is 0 Å². The number of rotatable bonds is 3. The Kier molecular flexibility index (Phi) is 3.43. The molecule has 0 saturated heterocycles. The molecule has 0 unspecified atom stereocenters. The molecule has 20 heavy (non-hydrogen) atoms. The maximum atomic E-state index is 13.2. The summed E-state index contributed by atoms with van der Waals surface area (Å²) in [5.74, 6) is 0.346. The molecule has 3 rings (SSSR count). The summed E-state index contributed by atoms with van der Waals surface area (Å²) in [5.41, 5.74) is 2.10. The Hall–Kier alpha value is -2.27. The molecule has 0 aliphatic heterocycles. The molecule has 100 valence electrons. The maximum absolute atomic E-state index is 13.2. The Morgan fingerprint density at radius 3 is 2.65 bits per heavy atom. The molecule has 0 fully saturated rings. The van der Waals surface area contributed by atoms with Crippen molar-refractivity contribution in [3.8, 4) is 17.1 Å². The smallest absolute Gasteiger partial charge is 0.205 e. The van der Waals surface area contributed by atoms with E-state index in [-0.39, 0.29) is 11.7 Å². The lowest BCUT2D eigenvalue weighted by Crippen LogP contribution is -2.03. The molecular weight excluding hydrogens is 279 g/mol. The van der Waals surface area contributed by atoms with Gasteiger partial charge in [-0.15, -0.1) is 26.6 Å². The Bertz CT molecular complexity index is 727. The fraction of sp³-hybridized carbons (Fsp3) is 0.0714. The van der Waals surface area contributed by atoms with Crippen LogP contribution in [0.15, 0.2) is 48.5 Å². The fourth-order valence-electron chi connectivity index (χ4n) is 1.88. The van der Waals surface area contributed by atoms with Crippen LogP contribution in [0.5, 0.6) is 0 Å². The molecule has 0 N–H and O–H groups in total. The Morgan fingerprint density at radius 2 is 1.90 bits per heavy atom. The van der Waals surface area contributed by atoms with Crippen molar-refractivity contribution >= 4 is 11.6 Å². The van der Waals surface area contributed by atoms with E-state index in [9.17, 15) is 4.39 Å². The van der Waals surface area contributed by atoms with Crippen LogP contribution in [0, 0.1) is 5.82 Å². The van der Waals surface area contributed by atoms with Crippen molar-refractivity contribution < 1.29 is 4.39 Å². The topological polar surface area (TPSA) is 43.6 Å². The van der Waals surface area contributed by atoms with E-state index in [1.165, 1.54) is 16.9 Å². The summed E-state index contributed by atoms with van der Waals surface area (Å²) in [4.78, 5) is 1.36. The number of alkyl halides is 1. The molecule has 1 heterocycles. The van der Waals surface area contributed by atoms with Gasteiger partial charge in [-0.3, -0.25) is 0 Å². The van der Waals surface area contributed by atoms with E-state index in [0.29, 0.717) is 17.1 Å². The Balaban J connectivity index is 2.02. The van der Waals surface area contributed by atoms with Crippen molar-refractivity contribution in [2.75, 3.05) is 0 Å². The standard InChI is InChI=1S/C14H10ClFN4/c15-9-11-8-12(16)6-7-13(11)20-18-14(17-19-20)10-4-2-1-3-5-10/h1-8H,9H2. The van der Waals surface area contributed by atoms with Gasteiger partial charge in [0.25, 0.3) is 0 Å². The zero-order chi connectivity index (χ0) is 13.9. The van der Waals surface area contributed by atoms with E-state index in [2.05, 4.69) is 15.4 Å². The molecule has 6 heteroatoms. The molecule has 0 spiro atoms. The summed E-state index contributed by atoms with van der Waals surface area (Å²) < 4.78 is 13.2. The Labute approximate surface area is 119 Å². The number of tetrazole rings is 1. The predicted molar refractivity (Wildman–Crippen MR) is 74.1 cm³/mol. The molecule has 0 aliphatic carbocycles. The largest absolute Gasteiger partial charge is 0.207 e. The SMILES string of the molecule is Fc1ccc(-n2nnc(-c3ccccc3)n2)c(CCl)c1. The molecule has 0 saturated carbocycles. The highest BCUT2D eigenvalue weighted by Gasteiger charge is 2.10. The zero-order valence-electron chi connectivity index (χ0n) is 10.4. The summed E-state index contributed by atoms with van der Waals surface area (Å²) in [6, 6.07) is 13.8. The van der Waals surface area contributed by atoms with Gasteiger partial charge in [0.1, 0.15) is 5.82 Å². The molecule has 2 aromatic carbocycles. The molecule has 0 aliphatic rings. The molecule has 0 radical (unpaired) electrons. The van der Waals surface area contributed by atoms with E-state index in [4.69, 9.17) is 11.6 Å². The highest BCUT2D eigenvalue weighted by Crippen LogP contribution is 2.18. The van der Waals surface area contributed by atoms with E-state index in [1.807, 2.05) is 30.3 Å². The van der Waals surface area contributed by atoms with Gasteiger partial charge < -0.3 is 0 Å². The highest BCUT2D eigenvalue weighted by atomic mass is 35.5. The second-order valence-electron chi connectivity index (χ2n) is 4.18. The number of aromatic nitrogens is 4. The third kappa shape index (κ3) is 2.40. The minimum atomic E-state index is -0.340. The second-order valence-corrected chi connectivity index (χ2v) is 4.44. The van der Waals surface area contributed by atoms with Crippen molar-refractivity contribution in [2.24, 2.45) is 0 Å². The van der Waals surface area contributed by atoms with E-state index >= 15 is 0 Å².